The van der Waals surface area contributed by atoms with Crippen molar-refractivity contribution in [3.05, 3.63) is 102 Å². The lowest BCUT2D eigenvalue weighted by molar-refractivity contribution is -0.274. The van der Waals surface area contributed by atoms with E-state index in [1.54, 1.807) is 24.3 Å². The number of alkyl halides is 3. The zero-order valence-electron chi connectivity index (χ0n) is 22.3. The lowest BCUT2D eigenvalue weighted by Crippen LogP contribution is -2.33. The molecule has 5 rings (SSSR count). The van der Waals surface area contributed by atoms with Gasteiger partial charge >= 0.3 is 18.4 Å². The Balaban J connectivity index is 1.43. The standard InChI is InChI=1S/C31H23F3N2O7/c32-31(33,34)43-22-10-8-19(9-11-22)18-36(21-5-3-4-20(16-21)29(39)35-15-14-28(37)38)30(40)41-23-12-13-27-25(17-23)24-6-1-2-7-26(24)42-27/h1-13,16-17H,14-15,18H2,(H,35,39)(H,37,38). The Kier molecular flexibility index (Phi) is 8.19. The molecular formula is C31H23F3N2O7. The second-order valence-electron chi connectivity index (χ2n) is 9.35. The van der Waals surface area contributed by atoms with E-state index in [1.807, 2.05) is 24.3 Å². The molecule has 0 spiro atoms. The van der Waals surface area contributed by atoms with Gasteiger partial charge in [-0.3, -0.25) is 14.5 Å². The van der Waals surface area contributed by atoms with Crippen LogP contribution in [0.25, 0.3) is 21.9 Å². The summed E-state index contributed by atoms with van der Waals surface area (Å²) in [5, 5.41) is 12.9. The van der Waals surface area contributed by atoms with Gasteiger partial charge in [-0.25, -0.2) is 4.79 Å². The van der Waals surface area contributed by atoms with E-state index >= 15 is 0 Å². The molecule has 12 heteroatoms. The number of ether oxygens (including phenoxy) is 2. The summed E-state index contributed by atoms with van der Waals surface area (Å²) in [5.74, 6) is -1.84. The Labute approximate surface area is 242 Å². The fraction of sp³-hybridized carbons (Fsp3) is 0.129. The molecule has 220 valence electrons. The van der Waals surface area contributed by atoms with E-state index in [-0.39, 0.29) is 36.5 Å². The fourth-order valence-corrected chi connectivity index (χ4v) is 4.37. The second-order valence-corrected chi connectivity index (χ2v) is 9.35. The number of fused-ring (bicyclic) bond motifs is 3. The van der Waals surface area contributed by atoms with Crippen molar-refractivity contribution in [3.63, 3.8) is 0 Å². The number of carbonyl (C=O) groups excluding carboxylic acids is 2. The number of hydrogen-bond acceptors (Lipinski definition) is 6. The van der Waals surface area contributed by atoms with Crippen LogP contribution in [0.2, 0.25) is 0 Å². The molecule has 0 saturated heterocycles. The summed E-state index contributed by atoms with van der Waals surface area (Å²) >= 11 is 0. The van der Waals surface area contributed by atoms with Crippen molar-refractivity contribution in [1.82, 2.24) is 5.32 Å². The first-order chi connectivity index (χ1) is 20.6. The van der Waals surface area contributed by atoms with E-state index in [0.29, 0.717) is 16.7 Å². The maximum Gasteiger partial charge on any atom is 0.573 e. The number of para-hydroxylation sites is 1. The van der Waals surface area contributed by atoms with E-state index < -0.39 is 30.1 Å². The first-order valence-electron chi connectivity index (χ1n) is 12.9. The molecule has 2 N–H and O–H groups in total. The maximum atomic E-state index is 13.6. The van der Waals surface area contributed by atoms with E-state index in [9.17, 15) is 27.6 Å². The van der Waals surface area contributed by atoms with Crippen LogP contribution in [-0.2, 0) is 11.3 Å². The quantitative estimate of drug-likeness (QED) is 0.191. The molecule has 0 aliphatic carbocycles. The van der Waals surface area contributed by atoms with E-state index in [0.717, 1.165) is 22.9 Å². The minimum Gasteiger partial charge on any atom is -0.481 e. The number of amides is 2. The third-order valence-electron chi connectivity index (χ3n) is 6.32. The minimum absolute atomic E-state index is 0.0956. The SMILES string of the molecule is O=C(O)CCNC(=O)c1cccc(N(Cc2ccc(OC(F)(F)F)cc2)C(=O)Oc2ccc3oc4ccccc4c3c2)c1. The van der Waals surface area contributed by atoms with Gasteiger partial charge in [0, 0.05) is 28.6 Å². The highest BCUT2D eigenvalue weighted by molar-refractivity contribution is 6.05. The zero-order valence-corrected chi connectivity index (χ0v) is 22.3. The number of aliphatic carboxylic acids is 1. The highest BCUT2D eigenvalue weighted by Gasteiger charge is 2.31. The topological polar surface area (TPSA) is 118 Å². The van der Waals surface area contributed by atoms with Crippen molar-refractivity contribution < 1.29 is 46.6 Å². The number of rotatable bonds is 9. The molecule has 0 aliphatic heterocycles. The number of hydrogen-bond donors (Lipinski definition) is 2. The summed E-state index contributed by atoms with van der Waals surface area (Å²) in [6, 6.07) is 23.3. The third-order valence-corrected chi connectivity index (χ3v) is 6.32. The van der Waals surface area contributed by atoms with Crippen molar-refractivity contribution in [1.29, 1.82) is 0 Å². The number of anilines is 1. The maximum absolute atomic E-state index is 13.6. The van der Waals surface area contributed by atoms with Crippen molar-refractivity contribution >= 4 is 45.6 Å². The lowest BCUT2D eigenvalue weighted by atomic mass is 10.1. The van der Waals surface area contributed by atoms with Crippen LogP contribution in [0.3, 0.4) is 0 Å². The van der Waals surface area contributed by atoms with Crippen molar-refractivity contribution in [3.8, 4) is 11.5 Å². The largest absolute Gasteiger partial charge is 0.573 e. The number of nitrogens with zero attached hydrogens (tertiary/aromatic N) is 1. The Morgan fingerprint density at radius 1 is 0.837 bits per heavy atom. The van der Waals surface area contributed by atoms with Gasteiger partial charge in [0.15, 0.2) is 0 Å². The van der Waals surface area contributed by atoms with Gasteiger partial charge in [0.2, 0.25) is 0 Å². The highest BCUT2D eigenvalue weighted by atomic mass is 19.4. The van der Waals surface area contributed by atoms with E-state index in [1.165, 1.54) is 35.2 Å². The number of halogens is 3. The number of carboxylic acids is 1. The van der Waals surface area contributed by atoms with Gasteiger partial charge in [0.1, 0.15) is 22.7 Å². The number of benzene rings is 4. The van der Waals surface area contributed by atoms with Gasteiger partial charge in [-0.2, -0.15) is 0 Å². The summed E-state index contributed by atoms with van der Waals surface area (Å²) in [4.78, 5) is 38.2. The van der Waals surface area contributed by atoms with Gasteiger partial charge in [-0.1, -0.05) is 36.4 Å². The van der Waals surface area contributed by atoms with Gasteiger partial charge < -0.3 is 24.3 Å². The Hall–Kier alpha value is -5.52. The van der Waals surface area contributed by atoms with Crippen LogP contribution in [0, 0.1) is 0 Å². The summed E-state index contributed by atoms with van der Waals surface area (Å²) in [6.07, 6.45) is -5.95. The van der Waals surface area contributed by atoms with Crippen LogP contribution in [-0.4, -0.2) is 36.0 Å². The van der Waals surface area contributed by atoms with Crippen LogP contribution in [0.1, 0.15) is 22.3 Å². The van der Waals surface area contributed by atoms with Crippen LogP contribution >= 0.6 is 0 Å². The minimum atomic E-state index is -4.86. The van der Waals surface area contributed by atoms with Crippen molar-refractivity contribution in [2.45, 2.75) is 19.3 Å². The molecule has 43 heavy (non-hydrogen) atoms. The normalized spacial score (nSPS) is 11.3. The van der Waals surface area contributed by atoms with Crippen molar-refractivity contribution in [2.24, 2.45) is 0 Å². The molecule has 1 heterocycles. The highest BCUT2D eigenvalue weighted by Crippen LogP contribution is 2.32. The zero-order chi connectivity index (χ0) is 30.6. The summed E-state index contributed by atoms with van der Waals surface area (Å²) in [6.45, 7) is -0.228. The second kappa shape index (κ2) is 12.1. The van der Waals surface area contributed by atoms with Crippen LogP contribution < -0.4 is 19.7 Å². The molecule has 0 bridgehead atoms. The fourth-order valence-electron chi connectivity index (χ4n) is 4.37. The average molecular weight is 593 g/mol. The number of carbonyl (C=O) groups is 3. The number of carboxylic acid groups (broad SMARTS) is 1. The molecule has 9 nitrogen and oxygen atoms in total. The predicted molar refractivity (Wildman–Crippen MR) is 150 cm³/mol. The molecular weight excluding hydrogens is 569 g/mol. The van der Waals surface area contributed by atoms with Crippen LogP contribution in [0.15, 0.2) is 95.4 Å². The molecule has 0 atom stereocenters. The Morgan fingerprint density at radius 3 is 2.30 bits per heavy atom. The molecule has 4 aromatic carbocycles. The molecule has 2 amide bonds. The predicted octanol–water partition coefficient (Wildman–Crippen LogP) is 6.89. The summed E-state index contributed by atoms with van der Waals surface area (Å²) < 4.78 is 53.3. The first-order valence-corrected chi connectivity index (χ1v) is 12.9. The molecule has 0 fully saturated rings. The molecule has 0 unspecified atom stereocenters. The van der Waals surface area contributed by atoms with E-state index in [2.05, 4.69) is 10.1 Å². The van der Waals surface area contributed by atoms with Gasteiger partial charge in [0.25, 0.3) is 5.91 Å². The molecule has 0 radical (unpaired) electrons. The smallest absolute Gasteiger partial charge is 0.481 e. The lowest BCUT2D eigenvalue weighted by Gasteiger charge is -2.23. The summed E-state index contributed by atoms with van der Waals surface area (Å²) in [5.41, 5.74) is 2.11. The third kappa shape index (κ3) is 7.22. The molecule has 1 aromatic heterocycles. The summed E-state index contributed by atoms with van der Waals surface area (Å²) in [7, 11) is 0. The van der Waals surface area contributed by atoms with Crippen molar-refractivity contribution in [2.75, 3.05) is 11.4 Å². The molecule has 0 aliphatic rings. The monoisotopic (exact) mass is 592 g/mol. The average Bonchev–Trinajstić information content (AvgIpc) is 3.34. The molecule has 5 aromatic rings. The van der Waals surface area contributed by atoms with Gasteiger partial charge in [-0.15, -0.1) is 13.2 Å². The van der Waals surface area contributed by atoms with Gasteiger partial charge in [-0.05, 0) is 60.2 Å². The molecule has 0 saturated carbocycles. The Bertz CT molecular complexity index is 1800. The Morgan fingerprint density at radius 2 is 1.56 bits per heavy atom. The van der Waals surface area contributed by atoms with Crippen LogP contribution in [0.5, 0.6) is 11.5 Å². The first kappa shape index (κ1) is 29.0. The number of furan rings is 1. The van der Waals surface area contributed by atoms with Crippen LogP contribution in [0.4, 0.5) is 23.7 Å². The van der Waals surface area contributed by atoms with E-state index in [4.69, 9.17) is 14.3 Å². The van der Waals surface area contributed by atoms with Gasteiger partial charge in [0.05, 0.1) is 13.0 Å². The number of nitrogens with one attached hydrogen (secondary N) is 1.